The Balaban J connectivity index is 1.92. The predicted molar refractivity (Wildman–Crippen MR) is 112 cm³/mol. The van der Waals surface area contributed by atoms with E-state index in [0.717, 1.165) is 17.7 Å². The average Bonchev–Trinajstić information content (AvgIpc) is 3.28. The first-order chi connectivity index (χ1) is 13.6. The maximum Gasteiger partial charge on any atom is 0.248 e. The summed E-state index contributed by atoms with van der Waals surface area (Å²) in [5.41, 5.74) is 0.639. The molecule has 0 radical (unpaired) electrons. The molecule has 0 bridgehead atoms. The normalized spacial score (nSPS) is 19.4. The maximum absolute atomic E-state index is 13.3. The molecule has 0 N–H and O–H groups in total. The fourth-order valence-electron chi connectivity index (χ4n) is 4.12. The predicted octanol–water partition coefficient (Wildman–Crippen LogP) is 3.77. The molecule has 6 nitrogen and oxygen atoms in total. The molecule has 1 aliphatic heterocycles. The molecular weight excluding hydrogens is 366 g/mol. The van der Waals surface area contributed by atoms with Crippen molar-refractivity contribution in [1.29, 1.82) is 0 Å². The molecule has 0 saturated carbocycles. The summed E-state index contributed by atoms with van der Waals surface area (Å²) in [7, 11) is 3.48. The molecule has 1 aromatic carbocycles. The molecule has 0 spiro atoms. The summed E-state index contributed by atoms with van der Waals surface area (Å²) in [6.45, 7) is 6.71. The highest BCUT2D eigenvalue weighted by Crippen LogP contribution is 2.37. The smallest absolute Gasteiger partial charge is 0.248 e. The average molecular weight is 398 g/mol. The Kier molecular flexibility index (Phi) is 5.82. The number of amides is 2. The number of carbonyl (C=O) groups is 2. The topological polar surface area (TPSA) is 66.7 Å². The van der Waals surface area contributed by atoms with E-state index in [1.54, 1.807) is 23.9 Å². The fourth-order valence-corrected chi connectivity index (χ4v) is 4.12. The van der Waals surface area contributed by atoms with Crippen LogP contribution < -0.4 is 0 Å². The Bertz CT molecular complexity index is 867. The van der Waals surface area contributed by atoms with Crippen molar-refractivity contribution in [3.8, 4) is 11.3 Å². The van der Waals surface area contributed by atoms with Gasteiger partial charge in [0.15, 0.2) is 0 Å². The molecule has 2 aromatic rings. The first-order valence-corrected chi connectivity index (χ1v) is 10.2. The number of hydrogen-bond acceptors (Lipinski definition) is 4. The quantitative estimate of drug-likeness (QED) is 0.770. The van der Waals surface area contributed by atoms with Crippen LogP contribution in [0, 0.1) is 5.41 Å². The third-order valence-corrected chi connectivity index (χ3v) is 5.37. The van der Waals surface area contributed by atoms with Crippen LogP contribution in [-0.4, -0.2) is 52.9 Å². The van der Waals surface area contributed by atoms with Crippen molar-refractivity contribution in [1.82, 2.24) is 15.0 Å². The second-order valence-corrected chi connectivity index (χ2v) is 9.34. The number of likely N-dealkylation sites (N-methyl/N-ethyl adjacent to an activating group) is 1. The Labute approximate surface area is 172 Å². The SMILES string of the molecule is CN(C)C(=O)C1(Cc2cc(-c3ccccc3)no2)CCCN1C(=O)CC(C)(C)C. The van der Waals surface area contributed by atoms with Crippen molar-refractivity contribution in [2.45, 2.75) is 52.0 Å². The van der Waals surface area contributed by atoms with Crippen LogP contribution >= 0.6 is 0 Å². The lowest BCUT2D eigenvalue weighted by Crippen LogP contribution is -2.58. The minimum absolute atomic E-state index is 0.0213. The van der Waals surface area contributed by atoms with Gasteiger partial charge in [-0.25, -0.2) is 0 Å². The molecule has 1 saturated heterocycles. The van der Waals surface area contributed by atoms with Crippen LogP contribution in [0.4, 0.5) is 0 Å². The van der Waals surface area contributed by atoms with Gasteiger partial charge < -0.3 is 14.3 Å². The zero-order chi connectivity index (χ0) is 21.2. The zero-order valence-electron chi connectivity index (χ0n) is 18.1. The van der Waals surface area contributed by atoms with Gasteiger partial charge in [-0.3, -0.25) is 9.59 Å². The summed E-state index contributed by atoms with van der Waals surface area (Å²) >= 11 is 0. The van der Waals surface area contributed by atoms with Gasteiger partial charge in [-0.15, -0.1) is 0 Å². The summed E-state index contributed by atoms with van der Waals surface area (Å²) in [4.78, 5) is 29.8. The van der Waals surface area contributed by atoms with Gasteiger partial charge in [0, 0.05) is 45.1 Å². The molecule has 156 valence electrons. The molecule has 3 rings (SSSR count). The van der Waals surface area contributed by atoms with E-state index >= 15 is 0 Å². The van der Waals surface area contributed by atoms with Crippen molar-refractivity contribution < 1.29 is 14.1 Å². The summed E-state index contributed by atoms with van der Waals surface area (Å²) in [6.07, 6.45) is 2.16. The monoisotopic (exact) mass is 397 g/mol. The van der Waals surface area contributed by atoms with Crippen LogP contribution in [0.5, 0.6) is 0 Å². The highest BCUT2D eigenvalue weighted by molar-refractivity contribution is 5.92. The first kappa shape index (κ1) is 21.1. The van der Waals surface area contributed by atoms with Gasteiger partial charge in [0.1, 0.15) is 17.0 Å². The van der Waals surface area contributed by atoms with Gasteiger partial charge >= 0.3 is 0 Å². The highest BCUT2D eigenvalue weighted by atomic mass is 16.5. The molecule has 1 atom stereocenters. The third-order valence-electron chi connectivity index (χ3n) is 5.37. The number of aromatic nitrogens is 1. The molecule has 29 heavy (non-hydrogen) atoms. The molecule has 2 heterocycles. The number of nitrogens with zero attached hydrogens (tertiary/aromatic N) is 3. The molecule has 1 unspecified atom stereocenters. The largest absolute Gasteiger partial charge is 0.361 e. The van der Waals surface area contributed by atoms with E-state index in [4.69, 9.17) is 4.52 Å². The Morgan fingerprint density at radius 1 is 1.21 bits per heavy atom. The van der Waals surface area contributed by atoms with E-state index in [1.807, 2.05) is 57.2 Å². The van der Waals surface area contributed by atoms with Crippen LogP contribution in [0.3, 0.4) is 0 Å². The number of likely N-dealkylation sites (tertiary alicyclic amines) is 1. The maximum atomic E-state index is 13.3. The minimum atomic E-state index is -0.917. The third kappa shape index (κ3) is 4.52. The van der Waals surface area contributed by atoms with Gasteiger partial charge in [-0.05, 0) is 18.3 Å². The standard InChI is InChI=1S/C23H31N3O3/c1-22(2,3)16-20(27)26-13-9-12-23(26,21(28)25(4)5)15-18-14-19(24-29-18)17-10-7-6-8-11-17/h6-8,10-11,14H,9,12-13,15-16H2,1-5H3. The number of benzene rings is 1. The molecule has 1 fully saturated rings. The lowest BCUT2D eigenvalue weighted by atomic mass is 9.86. The number of carbonyl (C=O) groups excluding carboxylic acids is 2. The van der Waals surface area contributed by atoms with Crippen LogP contribution in [-0.2, 0) is 16.0 Å². The summed E-state index contributed by atoms with van der Waals surface area (Å²) < 4.78 is 5.61. The number of rotatable bonds is 5. The molecule has 0 aliphatic carbocycles. The molecule has 1 aromatic heterocycles. The summed E-state index contributed by atoms with van der Waals surface area (Å²) in [5.74, 6) is 0.581. The van der Waals surface area contributed by atoms with Crippen molar-refractivity contribution >= 4 is 11.8 Å². The van der Waals surface area contributed by atoms with E-state index in [2.05, 4.69) is 5.16 Å². The van der Waals surface area contributed by atoms with E-state index in [-0.39, 0.29) is 17.2 Å². The highest BCUT2D eigenvalue weighted by Gasteiger charge is 2.51. The van der Waals surface area contributed by atoms with E-state index < -0.39 is 5.54 Å². The molecule has 6 heteroatoms. The van der Waals surface area contributed by atoms with E-state index in [0.29, 0.717) is 31.6 Å². The van der Waals surface area contributed by atoms with Crippen molar-refractivity contribution in [2.24, 2.45) is 5.41 Å². The first-order valence-electron chi connectivity index (χ1n) is 10.2. The minimum Gasteiger partial charge on any atom is -0.361 e. The van der Waals surface area contributed by atoms with Gasteiger partial charge in [0.2, 0.25) is 11.8 Å². The van der Waals surface area contributed by atoms with Crippen molar-refractivity contribution in [3.05, 3.63) is 42.2 Å². The van der Waals surface area contributed by atoms with Gasteiger partial charge in [-0.1, -0.05) is 56.3 Å². The van der Waals surface area contributed by atoms with E-state index in [1.165, 1.54) is 0 Å². The van der Waals surface area contributed by atoms with Crippen LogP contribution in [0.25, 0.3) is 11.3 Å². The Morgan fingerprint density at radius 3 is 2.52 bits per heavy atom. The van der Waals surface area contributed by atoms with E-state index in [9.17, 15) is 9.59 Å². The van der Waals surface area contributed by atoms with Crippen LogP contribution in [0.1, 0.15) is 45.8 Å². The van der Waals surface area contributed by atoms with Crippen molar-refractivity contribution in [3.63, 3.8) is 0 Å². The lowest BCUT2D eigenvalue weighted by molar-refractivity contribution is -0.151. The van der Waals surface area contributed by atoms with Crippen LogP contribution in [0.15, 0.2) is 40.9 Å². The van der Waals surface area contributed by atoms with Gasteiger partial charge in [0.05, 0.1) is 0 Å². The summed E-state index contributed by atoms with van der Waals surface area (Å²) in [6, 6.07) is 11.7. The Morgan fingerprint density at radius 2 is 1.90 bits per heavy atom. The second-order valence-electron chi connectivity index (χ2n) is 9.34. The van der Waals surface area contributed by atoms with Gasteiger partial charge in [0.25, 0.3) is 0 Å². The Hall–Kier alpha value is -2.63. The molecule has 1 aliphatic rings. The van der Waals surface area contributed by atoms with Crippen LogP contribution in [0.2, 0.25) is 0 Å². The lowest BCUT2D eigenvalue weighted by Gasteiger charge is -2.39. The second kappa shape index (κ2) is 8.01. The summed E-state index contributed by atoms with van der Waals surface area (Å²) in [5, 5.41) is 4.19. The fraction of sp³-hybridized carbons (Fsp3) is 0.522. The zero-order valence-corrected chi connectivity index (χ0v) is 18.1. The molecule has 2 amide bonds. The van der Waals surface area contributed by atoms with Crippen molar-refractivity contribution in [2.75, 3.05) is 20.6 Å². The van der Waals surface area contributed by atoms with Gasteiger partial charge in [-0.2, -0.15) is 0 Å². The molecular formula is C23H31N3O3. The number of hydrogen-bond donors (Lipinski definition) is 0.